The van der Waals surface area contributed by atoms with Crippen molar-refractivity contribution in [1.29, 1.82) is 0 Å². The Bertz CT molecular complexity index is 280. The van der Waals surface area contributed by atoms with E-state index in [1.54, 1.807) is 0 Å². The molecular weight excluding hydrogens is 148 g/mol. The fourth-order valence-electron chi connectivity index (χ4n) is 1.43. The fraction of sp³-hybridized carbons (Fsp3) is 0.600. The van der Waals surface area contributed by atoms with Crippen molar-refractivity contribution in [1.82, 2.24) is 0 Å². The summed E-state index contributed by atoms with van der Waals surface area (Å²) >= 11 is 0. The maximum absolute atomic E-state index is 4.55. The summed E-state index contributed by atoms with van der Waals surface area (Å²) in [5, 5.41) is 0. The second-order valence-electron chi connectivity index (χ2n) is 3.83. The summed E-state index contributed by atoms with van der Waals surface area (Å²) in [6.45, 7) is 10.2. The van der Waals surface area contributed by atoms with Gasteiger partial charge in [-0.2, -0.15) is 0 Å². The van der Waals surface area contributed by atoms with E-state index >= 15 is 0 Å². The molecule has 1 rings (SSSR count). The third-order valence-corrected chi connectivity index (χ3v) is 1.89. The highest BCUT2D eigenvalue weighted by Gasteiger charge is 2.16. The SMILES string of the molecule is CC1=CC(C)(C)N=C(C)C(C)=N1. The van der Waals surface area contributed by atoms with Gasteiger partial charge >= 0.3 is 0 Å². The summed E-state index contributed by atoms with van der Waals surface area (Å²) in [5.41, 5.74) is 3.01. The molecule has 0 aliphatic carbocycles. The monoisotopic (exact) mass is 164 g/mol. The van der Waals surface area contributed by atoms with Gasteiger partial charge in [0.1, 0.15) is 0 Å². The van der Waals surface area contributed by atoms with E-state index < -0.39 is 0 Å². The predicted octanol–water partition coefficient (Wildman–Crippen LogP) is 2.60. The van der Waals surface area contributed by atoms with Crippen molar-refractivity contribution in [2.75, 3.05) is 0 Å². The van der Waals surface area contributed by atoms with Crippen LogP contribution in [-0.2, 0) is 0 Å². The van der Waals surface area contributed by atoms with Gasteiger partial charge in [-0.15, -0.1) is 0 Å². The minimum absolute atomic E-state index is 0.102. The van der Waals surface area contributed by atoms with Crippen LogP contribution in [0, 0.1) is 0 Å². The van der Waals surface area contributed by atoms with E-state index in [0.717, 1.165) is 17.1 Å². The van der Waals surface area contributed by atoms with Gasteiger partial charge in [0.15, 0.2) is 0 Å². The average Bonchev–Trinajstić information content (AvgIpc) is 1.89. The molecule has 0 saturated heterocycles. The largest absolute Gasteiger partial charge is 0.278 e. The Hall–Kier alpha value is -0.920. The Morgan fingerprint density at radius 1 is 1.08 bits per heavy atom. The molecule has 2 heteroatoms. The highest BCUT2D eigenvalue weighted by molar-refractivity contribution is 6.41. The first-order valence-corrected chi connectivity index (χ1v) is 4.22. The summed E-state index contributed by atoms with van der Waals surface area (Å²) in [4.78, 5) is 8.95. The van der Waals surface area contributed by atoms with E-state index in [1.165, 1.54) is 0 Å². The smallest absolute Gasteiger partial charge is 0.0755 e. The van der Waals surface area contributed by atoms with Crippen molar-refractivity contribution in [2.24, 2.45) is 9.98 Å². The number of aliphatic imine (C=N–C) groups is 2. The molecule has 0 amide bonds. The lowest BCUT2D eigenvalue weighted by Gasteiger charge is -2.14. The van der Waals surface area contributed by atoms with Crippen molar-refractivity contribution in [2.45, 2.75) is 40.2 Å². The Balaban J connectivity index is 3.15. The third kappa shape index (κ3) is 2.03. The highest BCUT2D eigenvalue weighted by Crippen LogP contribution is 2.17. The van der Waals surface area contributed by atoms with Crippen LogP contribution in [0.15, 0.2) is 21.8 Å². The molecule has 1 aliphatic heterocycles. The van der Waals surface area contributed by atoms with Gasteiger partial charge in [0.2, 0.25) is 0 Å². The van der Waals surface area contributed by atoms with Crippen LogP contribution >= 0.6 is 0 Å². The second-order valence-corrected chi connectivity index (χ2v) is 3.83. The molecule has 0 spiro atoms. The van der Waals surface area contributed by atoms with Crippen LogP contribution in [0.4, 0.5) is 0 Å². The van der Waals surface area contributed by atoms with Crippen LogP contribution in [0.1, 0.15) is 34.6 Å². The van der Waals surface area contributed by atoms with E-state index in [0.29, 0.717) is 0 Å². The number of hydrogen-bond donors (Lipinski definition) is 0. The zero-order valence-corrected chi connectivity index (χ0v) is 8.47. The summed E-state index contributed by atoms with van der Waals surface area (Å²) < 4.78 is 0. The molecule has 0 N–H and O–H groups in total. The maximum Gasteiger partial charge on any atom is 0.0755 e. The van der Waals surface area contributed by atoms with Crippen molar-refractivity contribution >= 4 is 11.4 Å². The van der Waals surface area contributed by atoms with Gasteiger partial charge in [-0.3, -0.25) is 9.98 Å². The van der Waals surface area contributed by atoms with E-state index in [-0.39, 0.29) is 5.54 Å². The summed E-state index contributed by atoms with van der Waals surface area (Å²) in [5.74, 6) is 0. The molecule has 1 aliphatic rings. The van der Waals surface area contributed by atoms with Crippen molar-refractivity contribution in [3.05, 3.63) is 11.8 Å². The lowest BCUT2D eigenvalue weighted by molar-refractivity contribution is 0.654. The Labute approximate surface area is 74.1 Å². The van der Waals surface area contributed by atoms with Crippen molar-refractivity contribution in [3.63, 3.8) is 0 Å². The molecule has 0 aromatic heterocycles. The molecule has 0 radical (unpaired) electrons. The molecule has 0 aromatic rings. The number of hydrogen-bond acceptors (Lipinski definition) is 2. The van der Waals surface area contributed by atoms with E-state index in [2.05, 4.69) is 29.9 Å². The normalized spacial score (nSPS) is 22.2. The van der Waals surface area contributed by atoms with Crippen LogP contribution in [-0.4, -0.2) is 17.0 Å². The van der Waals surface area contributed by atoms with E-state index in [9.17, 15) is 0 Å². The predicted molar refractivity (Wildman–Crippen MR) is 54.1 cm³/mol. The average molecular weight is 164 g/mol. The Morgan fingerprint density at radius 3 is 2.25 bits per heavy atom. The third-order valence-electron chi connectivity index (χ3n) is 1.89. The Kier molecular flexibility index (Phi) is 2.18. The molecule has 1 heterocycles. The standard InChI is InChI=1S/C10H16N2/c1-7-6-10(4,5)12-9(3)8(2)11-7/h6H,1-5H3. The maximum atomic E-state index is 4.55. The minimum Gasteiger partial charge on any atom is -0.278 e. The summed E-state index contributed by atoms with van der Waals surface area (Å²) in [7, 11) is 0. The van der Waals surface area contributed by atoms with Crippen LogP contribution < -0.4 is 0 Å². The lowest BCUT2D eigenvalue weighted by atomic mass is 10.1. The molecule has 0 atom stereocenters. The lowest BCUT2D eigenvalue weighted by Crippen LogP contribution is -2.16. The molecule has 0 unspecified atom stereocenters. The molecule has 66 valence electrons. The van der Waals surface area contributed by atoms with Gasteiger partial charge in [0.05, 0.1) is 17.0 Å². The van der Waals surface area contributed by atoms with Crippen LogP contribution in [0.5, 0.6) is 0 Å². The van der Waals surface area contributed by atoms with Gasteiger partial charge in [-0.05, 0) is 40.7 Å². The molecule has 0 fully saturated rings. The molecular formula is C10H16N2. The first-order valence-electron chi connectivity index (χ1n) is 4.22. The van der Waals surface area contributed by atoms with E-state index in [1.807, 2.05) is 20.8 Å². The first-order chi connectivity index (χ1) is 5.41. The van der Waals surface area contributed by atoms with Gasteiger partial charge < -0.3 is 0 Å². The van der Waals surface area contributed by atoms with Gasteiger partial charge in [-0.1, -0.05) is 0 Å². The minimum atomic E-state index is -0.102. The first kappa shape index (κ1) is 9.17. The van der Waals surface area contributed by atoms with Crippen LogP contribution in [0.2, 0.25) is 0 Å². The highest BCUT2D eigenvalue weighted by atomic mass is 14.9. The summed E-state index contributed by atoms with van der Waals surface area (Å²) in [6.07, 6.45) is 2.09. The molecule has 0 aromatic carbocycles. The second kappa shape index (κ2) is 2.85. The number of rotatable bonds is 0. The zero-order chi connectivity index (χ0) is 9.35. The molecule has 12 heavy (non-hydrogen) atoms. The molecule has 0 bridgehead atoms. The Morgan fingerprint density at radius 2 is 1.67 bits per heavy atom. The topological polar surface area (TPSA) is 24.7 Å². The van der Waals surface area contributed by atoms with Gasteiger partial charge in [0, 0.05) is 5.70 Å². The van der Waals surface area contributed by atoms with Gasteiger partial charge in [0.25, 0.3) is 0 Å². The van der Waals surface area contributed by atoms with Crippen LogP contribution in [0.3, 0.4) is 0 Å². The zero-order valence-electron chi connectivity index (χ0n) is 8.47. The van der Waals surface area contributed by atoms with Crippen molar-refractivity contribution < 1.29 is 0 Å². The molecule has 0 saturated carbocycles. The summed E-state index contributed by atoms with van der Waals surface area (Å²) in [6, 6.07) is 0. The van der Waals surface area contributed by atoms with Crippen LogP contribution in [0.25, 0.3) is 0 Å². The fourth-order valence-corrected chi connectivity index (χ4v) is 1.43. The van der Waals surface area contributed by atoms with Gasteiger partial charge in [-0.25, -0.2) is 0 Å². The number of nitrogens with zero attached hydrogens (tertiary/aromatic N) is 2. The molecule has 2 nitrogen and oxygen atoms in total. The van der Waals surface area contributed by atoms with Crippen molar-refractivity contribution in [3.8, 4) is 0 Å². The quantitative estimate of drug-likeness (QED) is 0.525. The number of allylic oxidation sites excluding steroid dienone is 1. The van der Waals surface area contributed by atoms with E-state index in [4.69, 9.17) is 0 Å².